The number of methoxy groups -OCH3 is 1. The van der Waals surface area contributed by atoms with Crippen molar-refractivity contribution in [2.75, 3.05) is 12.4 Å². The van der Waals surface area contributed by atoms with Gasteiger partial charge < -0.3 is 25.0 Å². The average molecular weight is 548 g/mol. The Bertz CT molecular complexity index is 1220. The van der Waals surface area contributed by atoms with Crippen molar-refractivity contribution in [1.82, 2.24) is 10.2 Å². The Hall–Kier alpha value is -3.99. The summed E-state index contributed by atoms with van der Waals surface area (Å²) in [5, 5.41) is 5.75. The van der Waals surface area contributed by atoms with E-state index in [0.717, 1.165) is 19.3 Å². The Morgan fingerprint density at radius 2 is 1.73 bits per heavy atom. The van der Waals surface area contributed by atoms with Gasteiger partial charge in [-0.05, 0) is 88.3 Å². The molecule has 2 aromatic carbocycles. The second kappa shape index (κ2) is 13.4. The maximum absolute atomic E-state index is 14.4. The molecule has 8 nitrogen and oxygen atoms in total. The van der Waals surface area contributed by atoms with Gasteiger partial charge in [-0.25, -0.2) is 4.79 Å². The van der Waals surface area contributed by atoms with Crippen molar-refractivity contribution in [2.45, 2.75) is 84.0 Å². The topological polar surface area (TPSA) is 97.0 Å². The molecule has 2 N–H and O–H groups in total. The van der Waals surface area contributed by atoms with Gasteiger partial charge in [0, 0.05) is 17.3 Å². The van der Waals surface area contributed by atoms with Crippen LogP contribution >= 0.6 is 0 Å². The molecular formula is C32H41N3O5. The molecular weight excluding hydrogens is 506 g/mol. The summed E-state index contributed by atoms with van der Waals surface area (Å²) in [6, 6.07) is 12.0. The molecule has 1 saturated carbocycles. The normalized spacial score (nSPS) is 14.8. The third kappa shape index (κ3) is 8.01. The van der Waals surface area contributed by atoms with E-state index in [9.17, 15) is 14.4 Å². The predicted octanol–water partition coefficient (Wildman–Crippen LogP) is 5.68. The molecule has 0 aliphatic heterocycles. The Morgan fingerprint density at radius 3 is 2.25 bits per heavy atom. The number of terminal acetylenes is 1. The average Bonchev–Trinajstić information content (AvgIpc) is 2.85. The van der Waals surface area contributed by atoms with Crippen LogP contribution in [0, 0.1) is 18.3 Å². The summed E-state index contributed by atoms with van der Waals surface area (Å²) in [6.45, 7) is 9.26. The fraction of sp³-hybridized carbons (Fsp3) is 0.469. The first-order valence-corrected chi connectivity index (χ1v) is 13.8. The van der Waals surface area contributed by atoms with Gasteiger partial charge in [0.2, 0.25) is 5.91 Å². The van der Waals surface area contributed by atoms with E-state index >= 15 is 0 Å². The summed E-state index contributed by atoms with van der Waals surface area (Å²) < 4.78 is 10.7. The standard InChI is InChI=1S/C32H41N3O5/c1-8-22-12-9-10-15-26(22)28(29(36)33-23-16-18-25(39-7)19-17-23)35(24-13-11-14-24)30(37)27(20-21(2)3)34-31(38)40-32(4,5)6/h1,9-10,12,15-19,21,24,27-28H,11,13-14,20H2,2-7H3,(H,33,36)(H,34,38). The molecule has 3 amide bonds. The fourth-order valence-corrected chi connectivity index (χ4v) is 4.67. The van der Waals surface area contributed by atoms with Gasteiger partial charge in [0.15, 0.2) is 0 Å². The first kappa shape index (κ1) is 30.6. The highest BCUT2D eigenvalue weighted by Gasteiger charge is 2.42. The number of carbonyl (C=O) groups is 3. The van der Waals surface area contributed by atoms with E-state index in [2.05, 4.69) is 16.6 Å². The molecule has 0 bridgehead atoms. The monoisotopic (exact) mass is 547 g/mol. The second-order valence-electron chi connectivity index (χ2n) is 11.5. The van der Waals surface area contributed by atoms with E-state index in [-0.39, 0.29) is 17.9 Å². The van der Waals surface area contributed by atoms with Gasteiger partial charge in [-0.3, -0.25) is 9.59 Å². The van der Waals surface area contributed by atoms with E-state index in [4.69, 9.17) is 15.9 Å². The molecule has 0 saturated heterocycles. The number of carbonyl (C=O) groups excluding carboxylic acids is 3. The Labute approximate surface area is 237 Å². The van der Waals surface area contributed by atoms with Crippen LogP contribution in [0.4, 0.5) is 10.5 Å². The fourth-order valence-electron chi connectivity index (χ4n) is 4.67. The first-order valence-electron chi connectivity index (χ1n) is 13.8. The summed E-state index contributed by atoms with van der Waals surface area (Å²) in [6.07, 6.45) is 7.98. The second-order valence-corrected chi connectivity index (χ2v) is 11.5. The summed E-state index contributed by atoms with van der Waals surface area (Å²) >= 11 is 0. The van der Waals surface area contributed by atoms with Crippen molar-refractivity contribution in [1.29, 1.82) is 0 Å². The number of nitrogens with zero attached hydrogens (tertiary/aromatic N) is 1. The summed E-state index contributed by atoms with van der Waals surface area (Å²) in [4.78, 5) is 42.8. The number of hydrogen-bond donors (Lipinski definition) is 2. The van der Waals surface area contributed by atoms with Gasteiger partial charge in [-0.2, -0.15) is 0 Å². The SMILES string of the molecule is C#Cc1ccccc1C(C(=O)Nc1ccc(OC)cc1)N(C(=O)C(CC(C)C)NC(=O)OC(C)(C)C)C1CCC1. The number of benzene rings is 2. The number of ether oxygens (including phenoxy) is 2. The molecule has 0 spiro atoms. The van der Waals surface area contributed by atoms with E-state index in [1.165, 1.54) is 0 Å². The zero-order valence-corrected chi connectivity index (χ0v) is 24.3. The zero-order valence-electron chi connectivity index (χ0n) is 24.3. The minimum Gasteiger partial charge on any atom is -0.497 e. The molecule has 1 aliphatic carbocycles. The predicted molar refractivity (Wildman–Crippen MR) is 156 cm³/mol. The maximum Gasteiger partial charge on any atom is 0.408 e. The summed E-state index contributed by atoms with van der Waals surface area (Å²) in [5.41, 5.74) is 0.905. The van der Waals surface area contributed by atoms with Gasteiger partial charge in [0.1, 0.15) is 23.4 Å². The molecule has 2 atom stereocenters. The highest BCUT2D eigenvalue weighted by atomic mass is 16.6. The Balaban J connectivity index is 2.05. The van der Waals surface area contributed by atoms with Crippen LogP contribution in [0.25, 0.3) is 0 Å². The number of anilines is 1. The lowest BCUT2D eigenvalue weighted by molar-refractivity contribution is -0.146. The molecule has 214 valence electrons. The number of nitrogens with one attached hydrogen (secondary N) is 2. The quantitative estimate of drug-likeness (QED) is 0.373. The highest BCUT2D eigenvalue weighted by molar-refractivity contribution is 5.99. The smallest absolute Gasteiger partial charge is 0.408 e. The van der Waals surface area contributed by atoms with Crippen LogP contribution in [-0.2, 0) is 14.3 Å². The van der Waals surface area contributed by atoms with Crippen LogP contribution in [0.3, 0.4) is 0 Å². The van der Waals surface area contributed by atoms with Crippen LogP contribution in [0.2, 0.25) is 0 Å². The lowest BCUT2D eigenvalue weighted by Crippen LogP contribution is -2.57. The van der Waals surface area contributed by atoms with Crippen molar-refractivity contribution in [2.24, 2.45) is 5.92 Å². The van der Waals surface area contributed by atoms with Crippen LogP contribution < -0.4 is 15.4 Å². The third-order valence-corrected chi connectivity index (χ3v) is 6.71. The number of amides is 3. The summed E-state index contributed by atoms with van der Waals surface area (Å²) in [5.74, 6) is 2.69. The number of rotatable bonds is 10. The van der Waals surface area contributed by atoms with Crippen molar-refractivity contribution >= 4 is 23.6 Å². The zero-order chi connectivity index (χ0) is 29.4. The largest absolute Gasteiger partial charge is 0.497 e. The van der Waals surface area contributed by atoms with Crippen LogP contribution in [0.5, 0.6) is 5.75 Å². The molecule has 1 aliphatic rings. The van der Waals surface area contributed by atoms with Gasteiger partial charge in [0.05, 0.1) is 7.11 Å². The molecule has 8 heteroatoms. The third-order valence-electron chi connectivity index (χ3n) is 6.71. The molecule has 0 radical (unpaired) electrons. The lowest BCUT2D eigenvalue weighted by Gasteiger charge is -2.44. The molecule has 0 heterocycles. The van der Waals surface area contributed by atoms with E-state index < -0.39 is 29.7 Å². The van der Waals surface area contributed by atoms with E-state index in [1.54, 1.807) is 81.3 Å². The summed E-state index contributed by atoms with van der Waals surface area (Å²) in [7, 11) is 1.57. The number of hydrogen-bond acceptors (Lipinski definition) is 5. The van der Waals surface area contributed by atoms with Crippen LogP contribution in [0.1, 0.15) is 77.5 Å². The van der Waals surface area contributed by atoms with Gasteiger partial charge in [-0.15, -0.1) is 6.42 Å². The van der Waals surface area contributed by atoms with Crippen LogP contribution in [0.15, 0.2) is 48.5 Å². The van der Waals surface area contributed by atoms with Gasteiger partial charge in [0.25, 0.3) is 5.91 Å². The minimum atomic E-state index is -1.01. The molecule has 2 unspecified atom stereocenters. The molecule has 1 fully saturated rings. The highest BCUT2D eigenvalue weighted by Crippen LogP contribution is 2.36. The molecule has 0 aromatic heterocycles. The van der Waals surface area contributed by atoms with Gasteiger partial charge in [-0.1, -0.05) is 38.0 Å². The van der Waals surface area contributed by atoms with Crippen molar-refractivity contribution < 1.29 is 23.9 Å². The van der Waals surface area contributed by atoms with Crippen LogP contribution in [-0.4, -0.2) is 47.6 Å². The Kier molecular flexibility index (Phi) is 10.2. The molecule has 3 rings (SSSR count). The van der Waals surface area contributed by atoms with Crippen molar-refractivity contribution in [3.63, 3.8) is 0 Å². The molecule has 2 aromatic rings. The lowest BCUT2D eigenvalue weighted by atomic mass is 9.86. The minimum absolute atomic E-state index is 0.0942. The number of alkyl carbamates (subject to hydrolysis) is 1. The van der Waals surface area contributed by atoms with Crippen molar-refractivity contribution in [3.8, 4) is 18.1 Å². The first-order chi connectivity index (χ1) is 18.9. The van der Waals surface area contributed by atoms with E-state index in [1.807, 2.05) is 13.8 Å². The van der Waals surface area contributed by atoms with Gasteiger partial charge >= 0.3 is 6.09 Å². The van der Waals surface area contributed by atoms with Crippen molar-refractivity contribution in [3.05, 3.63) is 59.7 Å². The maximum atomic E-state index is 14.4. The molecule has 40 heavy (non-hydrogen) atoms. The Morgan fingerprint density at radius 1 is 1.07 bits per heavy atom. The van der Waals surface area contributed by atoms with E-state index in [0.29, 0.717) is 29.0 Å².